The van der Waals surface area contributed by atoms with Gasteiger partial charge in [-0.05, 0) is 32.1 Å². The first-order chi connectivity index (χ1) is 6.83. The molecule has 14 heavy (non-hydrogen) atoms. The molecule has 1 heterocycles. The highest BCUT2D eigenvalue weighted by atomic mass is 16.1. The van der Waals surface area contributed by atoms with Crippen molar-refractivity contribution in [1.82, 2.24) is 15.0 Å². The Morgan fingerprint density at radius 2 is 2.14 bits per heavy atom. The molecular formula is C10H15N3O. The molecule has 0 bridgehead atoms. The molecular weight excluding hydrogens is 178 g/mol. The Balaban J connectivity index is 2.44. The standard InChI is InChI=1S/C10H15N3O/c1-2-7-13-10(14)8-5-3-4-6-9(8)11-12-13/h2-7H2,1H3. The highest BCUT2D eigenvalue weighted by Crippen LogP contribution is 2.14. The van der Waals surface area contributed by atoms with Gasteiger partial charge in [-0.1, -0.05) is 12.1 Å². The van der Waals surface area contributed by atoms with E-state index in [0.717, 1.165) is 43.4 Å². The summed E-state index contributed by atoms with van der Waals surface area (Å²) in [6, 6.07) is 0. The smallest absolute Gasteiger partial charge is 0.267 e. The van der Waals surface area contributed by atoms with E-state index in [1.54, 1.807) is 0 Å². The van der Waals surface area contributed by atoms with Crippen LogP contribution >= 0.6 is 0 Å². The predicted octanol–water partition coefficient (Wildman–Crippen LogP) is 0.927. The lowest BCUT2D eigenvalue weighted by Crippen LogP contribution is -2.30. The van der Waals surface area contributed by atoms with Crippen LogP contribution in [0.5, 0.6) is 0 Å². The van der Waals surface area contributed by atoms with Gasteiger partial charge in [0.05, 0.1) is 5.69 Å². The van der Waals surface area contributed by atoms with Gasteiger partial charge in [0.2, 0.25) is 0 Å². The van der Waals surface area contributed by atoms with Gasteiger partial charge < -0.3 is 0 Å². The quantitative estimate of drug-likeness (QED) is 0.702. The number of aromatic nitrogens is 3. The van der Waals surface area contributed by atoms with Crippen LogP contribution in [-0.4, -0.2) is 15.0 Å². The van der Waals surface area contributed by atoms with Crippen LogP contribution < -0.4 is 5.56 Å². The average molecular weight is 193 g/mol. The summed E-state index contributed by atoms with van der Waals surface area (Å²) in [7, 11) is 0. The summed E-state index contributed by atoms with van der Waals surface area (Å²) in [6.07, 6.45) is 4.98. The molecule has 4 heteroatoms. The molecule has 0 saturated carbocycles. The van der Waals surface area contributed by atoms with Crippen molar-refractivity contribution in [2.24, 2.45) is 0 Å². The SMILES string of the molecule is CCCn1nnc2c(c1=O)CCCC2. The molecule has 1 aromatic heterocycles. The van der Waals surface area contributed by atoms with Crippen LogP contribution in [0.25, 0.3) is 0 Å². The van der Waals surface area contributed by atoms with Crippen molar-refractivity contribution in [2.45, 2.75) is 45.6 Å². The van der Waals surface area contributed by atoms with Gasteiger partial charge >= 0.3 is 0 Å². The van der Waals surface area contributed by atoms with Crippen LogP contribution in [0, 0.1) is 0 Å². The fourth-order valence-corrected chi connectivity index (χ4v) is 1.89. The maximum atomic E-state index is 11.9. The highest BCUT2D eigenvalue weighted by Gasteiger charge is 2.15. The van der Waals surface area contributed by atoms with E-state index in [-0.39, 0.29) is 5.56 Å². The van der Waals surface area contributed by atoms with E-state index in [2.05, 4.69) is 10.3 Å². The Morgan fingerprint density at radius 1 is 1.36 bits per heavy atom. The Kier molecular flexibility index (Phi) is 2.61. The van der Waals surface area contributed by atoms with Crippen molar-refractivity contribution in [1.29, 1.82) is 0 Å². The van der Waals surface area contributed by atoms with Crippen molar-refractivity contribution in [2.75, 3.05) is 0 Å². The van der Waals surface area contributed by atoms with Gasteiger partial charge in [0, 0.05) is 12.1 Å². The number of fused-ring (bicyclic) bond motifs is 1. The molecule has 0 fully saturated rings. The fraction of sp³-hybridized carbons (Fsp3) is 0.700. The van der Waals surface area contributed by atoms with Crippen molar-refractivity contribution in [3.8, 4) is 0 Å². The minimum atomic E-state index is 0.0801. The van der Waals surface area contributed by atoms with Gasteiger partial charge in [-0.2, -0.15) is 0 Å². The average Bonchev–Trinajstić information content (AvgIpc) is 2.23. The van der Waals surface area contributed by atoms with Gasteiger partial charge in [0.1, 0.15) is 0 Å². The van der Waals surface area contributed by atoms with Crippen LogP contribution in [-0.2, 0) is 19.4 Å². The van der Waals surface area contributed by atoms with E-state index in [1.807, 2.05) is 6.92 Å². The van der Waals surface area contributed by atoms with Gasteiger partial charge in [-0.15, -0.1) is 5.10 Å². The molecule has 0 radical (unpaired) electrons. The van der Waals surface area contributed by atoms with E-state index >= 15 is 0 Å². The molecule has 0 spiro atoms. The summed E-state index contributed by atoms with van der Waals surface area (Å²) in [5.74, 6) is 0. The van der Waals surface area contributed by atoms with Crippen LogP contribution in [0.3, 0.4) is 0 Å². The number of aryl methyl sites for hydroxylation is 2. The molecule has 0 aliphatic heterocycles. The first-order valence-corrected chi connectivity index (χ1v) is 5.28. The van der Waals surface area contributed by atoms with Gasteiger partial charge in [0.25, 0.3) is 5.56 Å². The topological polar surface area (TPSA) is 47.8 Å². The monoisotopic (exact) mass is 193 g/mol. The fourth-order valence-electron chi connectivity index (χ4n) is 1.89. The van der Waals surface area contributed by atoms with Crippen LogP contribution in [0.15, 0.2) is 4.79 Å². The largest absolute Gasteiger partial charge is 0.273 e. The molecule has 2 rings (SSSR count). The molecule has 0 aromatic carbocycles. The third-order valence-electron chi connectivity index (χ3n) is 2.64. The van der Waals surface area contributed by atoms with Crippen molar-refractivity contribution >= 4 is 0 Å². The summed E-state index contributed by atoms with van der Waals surface area (Å²) in [5, 5.41) is 8.05. The highest BCUT2D eigenvalue weighted by molar-refractivity contribution is 5.18. The molecule has 0 N–H and O–H groups in total. The van der Waals surface area contributed by atoms with Gasteiger partial charge in [-0.3, -0.25) is 4.79 Å². The van der Waals surface area contributed by atoms with Gasteiger partial charge in [0.15, 0.2) is 0 Å². The second-order valence-corrected chi connectivity index (χ2v) is 3.75. The molecule has 4 nitrogen and oxygen atoms in total. The van der Waals surface area contributed by atoms with Crippen LogP contribution in [0.2, 0.25) is 0 Å². The van der Waals surface area contributed by atoms with Crippen molar-refractivity contribution < 1.29 is 0 Å². The van der Waals surface area contributed by atoms with E-state index in [4.69, 9.17) is 0 Å². The normalized spacial score (nSPS) is 15.2. The van der Waals surface area contributed by atoms with Crippen molar-refractivity contribution in [3.63, 3.8) is 0 Å². The lowest BCUT2D eigenvalue weighted by Gasteiger charge is -2.13. The lowest BCUT2D eigenvalue weighted by atomic mass is 9.98. The summed E-state index contributed by atoms with van der Waals surface area (Å²) < 4.78 is 1.49. The second-order valence-electron chi connectivity index (χ2n) is 3.75. The molecule has 1 aromatic rings. The Hall–Kier alpha value is -1.19. The maximum absolute atomic E-state index is 11.9. The number of rotatable bonds is 2. The first-order valence-electron chi connectivity index (χ1n) is 5.28. The molecule has 0 unspecified atom stereocenters. The van der Waals surface area contributed by atoms with Gasteiger partial charge in [-0.25, -0.2) is 4.68 Å². The first kappa shape index (κ1) is 9.37. The number of hydrogen-bond acceptors (Lipinski definition) is 3. The zero-order chi connectivity index (χ0) is 9.97. The number of hydrogen-bond donors (Lipinski definition) is 0. The van der Waals surface area contributed by atoms with Crippen molar-refractivity contribution in [3.05, 3.63) is 21.6 Å². The Bertz CT molecular complexity index is 383. The molecule has 1 aliphatic carbocycles. The van der Waals surface area contributed by atoms with E-state index in [9.17, 15) is 4.79 Å². The molecule has 0 atom stereocenters. The zero-order valence-electron chi connectivity index (χ0n) is 8.49. The summed E-state index contributed by atoms with van der Waals surface area (Å²) >= 11 is 0. The summed E-state index contributed by atoms with van der Waals surface area (Å²) in [5.41, 5.74) is 1.91. The van der Waals surface area contributed by atoms with Crippen LogP contribution in [0.4, 0.5) is 0 Å². The molecule has 0 saturated heterocycles. The predicted molar refractivity (Wildman–Crippen MR) is 53.2 cm³/mol. The lowest BCUT2D eigenvalue weighted by molar-refractivity contribution is 0.500. The maximum Gasteiger partial charge on any atom is 0.273 e. The second kappa shape index (κ2) is 3.90. The Morgan fingerprint density at radius 3 is 2.93 bits per heavy atom. The molecule has 0 amide bonds. The third kappa shape index (κ3) is 1.56. The molecule has 76 valence electrons. The minimum Gasteiger partial charge on any atom is -0.267 e. The third-order valence-corrected chi connectivity index (χ3v) is 2.64. The molecule has 1 aliphatic rings. The van der Waals surface area contributed by atoms with E-state index < -0.39 is 0 Å². The summed E-state index contributed by atoms with van der Waals surface area (Å²) in [6.45, 7) is 2.71. The Labute approximate surface area is 82.9 Å². The summed E-state index contributed by atoms with van der Waals surface area (Å²) in [4.78, 5) is 11.9. The zero-order valence-corrected chi connectivity index (χ0v) is 8.49. The van der Waals surface area contributed by atoms with E-state index in [1.165, 1.54) is 4.68 Å². The minimum absolute atomic E-state index is 0.0801. The van der Waals surface area contributed by atoms with Crippen LogP contribution in [0.1, 0.15) is 37.4 Å². The number of nitrogens with zero attached hydrogens (tertiary/aromatic N) is 3. The van der Waals surface area contributed by atoms with E-state index in [0.29, 0.717) is 6.54 Å².